The Morgan fingerprint density at radius 3 is 2.55 bits per heavy atom. The minimum atomic E-state index is -0.455. The number of amides is 2. The van der Waals surface area contributed by atoms with Crippen LogP contribution in [-0.4, -0.2) is 73.1 Å². The van der Waals surface area contributed by atoms with E-state index in [1.807, 2.05) is 13.8 Å². The normalized spacial score (nSPS) is 33.2. The summed E-state index contributed by atoms with van der Waals surface area (Å²) < 4.78 is 23.3. The first-order chi connectivity index (χ1) is 19.0. The molecule has 3 aliphatic rings. The summed E-state index contributed by atoms with van der Waals surface area (Å²) in [5.74, 6) is -0.262. The van der Waals surface area contributed by atoms with Gasteiger partial charge in [-0.2, -0.15) is 0 Å². The number of rotatable bonds is 12. The van der Waals surface area contributed by atoms with Crippen molar-refractivity contribution in [3.63, 3.8) is 0 Å². The van der Waals surface area contributed by atoms with Crippen molar-refractivity contribution in [1.82, 2.24) is 10.6 Å². The van der Waals surface area contributed by atoms with Gasteiger partial charge in [0.15, 0.2) is 0 Å². The van der Waals surface area contributed by atoms with Gasteiger partial charge < -0.3 is 29.6 Å². The molecule has 0 aromatic carbocycles. The predicted octanol–water partition coefficient (Wildman–Crippen LogP) is 3.92. The van der Waals surface area contributed by atoms with E-state index in [1.165, 1.54) is 13.0 Å². The van der Waals surface area contributed by atoms with Gasteiger partial charge in [-0.15, -0.1) is 0 Å². The van der Waals surface area contributed by atoms with Gasteiger partial charge in [-0.25, -0.2) is 0 Å². The van der Waals surface area contributed by atoms with Gasteiger partial charge in [-0.05, 0) is 52.0 Å². The number of carbonyl (C=O) groups is 3. The predicted molar refractivity (Wildman–Crippen MR) is 152 cm³/mol. The zero-order chi connectivity index (χ0) is 29.3. The molecule has 3 heterocycles. The van der Waals surface area contributed by atoms with Crippen LogP contribution in [0.5, 0.6) is 0 Å². The second-order valence-corrected chi connectivity index (χ2v) is 11.7. The molecule has 3 aliphatic heterocycles. The second kappa shape index (κ2) is 14.9. The van der Waals surface area contributed by atoms with Crippen LogP contribution in [0.15, 0.2) is 36.0 Å². The van der Waals surface area contributed by atoms with Crippen molar-refractivity contribution >= 4 is 17.8 Å². The maximum atomic E-state index is 12.4. The number of hydrogen-bond donors (Lipinski definition) is 2. The molecule has 0 radical (unpaired) electrons. The Hall–Kier alpha value is -2.49. The van der Waals surface area contributed by atoms with E-state index in [0.29, 0.717) is 13.0 Å². The van der Waals surface area contributed by atoms with E-state index in [-0.39, 0.29) is 59.8 Å². The third kappa shape index (κ3) is 10.5. The molecular formula is C31H48N2O7. The molecule has 0 aromatic heterocycles. The van der Waals surface area contributed by atoms with E-state index < -0.39 is 6.10 Å². The molecule has 8 atom stereocenters. The maximum Gasteiger partial charge on any atom is 0.303 e. The number of allylic oxidation sites excluding steroid dienone is 2. The third-order valence-corrected chi connectivity index (χ3v) is 7.76. The summed E-state index contributed by atoms with van der Waals surface area (Å²) in [5, 5.41) is 6.01. The van der Waals surface area contributed by atoms with Crippen molar-refractivity contribution in [3.05, 3.63) is 36.0 Å². The van der Waals surface area contributed by atoms with Gasteiger partial charge in [-0.3, -0.25) is 14.4 Å². The summed E-state index contributed by atoms with van der Waals surface area (Å²) in [4.78, 5) is 35.3. The van der Waals surface area contributed by atoms with Crippen molar-refractivity contribution in [1.29, 1.82) is 0 Å². The fraction of sp³-hybridized carbons (Fsp3) is 0.710. The van der Waals surface area contributed by atoms with Crippen molar-refractivity contribution in [2.45, 2.75) is 122 Å². The number of nitrogens with one attached hydrogen (secondary N) is 2. The molecule has 0 aliphatic carbocycles. The zero-order valence-corrected chi connectivity index (χ0v) is 24.9. The van der Waals surface area contributed by atoms with Gasteiger partial charge in [0, 0.05) is 38.8 Å². The van der Waals surface area contributed by atoms with Crippen LogP contribution < -0.4 is 10.6 Å². The van der Waals surface area contributed by atoms with Crippen LogP contribution in [0.2, 0.25) is 0 Å². The van der Waals surface area contributed by atoms with E-state index in [9.17, 15) is 14.4 Å². The third-order valence-electron chi connectivity index (χ3n) is 7.76. The van der Waals surface area contributed by atoms with Crippen LogP contribution in [0.3, 0.4) is 0 Å². The van der Waals surface area contributed by atoms with Gasteiger partial charge in [0.05, 0.1) is 42.7 Å². The highest BCUT2D eigenvalue weighted by Crippen LogP contribution is 2.42. The minimum absolute atomic E-state index is 0.0461. The smallest absolute Gasteiger partial charge is 0.303 e. The highest BCUT2D eigenvalue weighted by Gasteiger charge is 2.51. The fourth-order valence-corrected chi connectivity index (χ4v) is 5.42. The van der Waals surface area contributed by atoms with Crippen molar-refractivity contribution in [3.8, 4) is 0 Å². The summed E-state index contributed by atoms with van der Waals surface area (Å²) in [6.45, 7) is 12.5. The van der Waals surface area contributed by atoms with Crippen LogP contribution in [0.1, 0.15) is 80.1 Å². The van der Waals surface area contributed by atoms with Gasteiger partial charge in [0.25, 0.3) is 0 Å². The first-order valence-electron chi connectivity index (χ1n) is 14.7. The van der Waals surface area contributed by atoms with Gasteiger partial charge in [-0.1, -0.05) is 37.6 Å². The number of ether oxygens (including phenoxy) is 4. The molecule has 2 N–H and O–H groups in total. The Bertz CT molecular complexity index is 971. The summed E-state index contributed by atoms with van der Waals surface area (Å²) >= 11 is 0. The molecule has 0 bridgehead atoms. The van der Waals surface area contributed by atoms with Gasteiger partial charge in [0.1, 0.15) is 6.10 Å². The standard InChI is InChI=1S/C31H48N2O7/c1-7-8-29(35)32-18-26-17-31(19-37-31)16-25(40-26)12-9-20(2)10-13-28-21(3)15-27(23(5)39-28)33-30(36)14-11-22(4)38-24(6)34/h9-12,14,21-23,25-28H,7-8,13,15-19H2,1-6H3,(H,32,35)(H,33,36)/t21-,22-,23+,25+,26-,27+,28-,31-/m0/s1. The molecule has 9 nitrogen and oxygen atoms in total. The number of carbonyl (C=O) groups excluding carboxylic acids is 3. The minimum Gasteiger partial charge on any atom is -0.459 e. The molecule has 224 valence electrons. The van der Waals surface area contributed by atoms with E-state index >= 15 is 0 Å². The first kappa shape index (κ1) is 32.0. The molecule has 3 rings (SSSR count). The Kier molecular flexibility index (Phi) is 12.0. The second-order valence-electron chi connectivity index (χ2n) is 11.7. The summed E-state index contributed by atoms with van der Waals surface area (Å²) in [7, 11) is 0. The quantitative estimate of drug-likeness (QED) is 0.161. The average Bonchev–Trinajstić information content (AvgIpc) is 3.63. The fourth-order valence-electron chi connectivity index (χ4n) is 5.42. The lowest BCUT2D eigenvalue weighted by molar-refractivity contribution is -0.143. The van der Waals surface area contributed by atoms with Gasteiger partial charge >= 0.3 is 5.97 Å². The number of esters is 1. The lowest BCUT2D eigenvalue weighted by Gasteiger charge is -2.39. The molecule has 9 heteroatoms. The van der Waals surface area contributed by atoms with E-state index in [0.717, 1.165) is 44.3 Å². The van der Waals surface area contributed by atoms with E-state index in [2.05, 4.69) is 42.7 Å². The molecule has 40 heavy (non-hydrogen) atoms. The largest absolute Gasteiger partial charge is 0.459 e. The van der Waals surface area contributed by atoms with Crippen molar-refractivity contribution < 1.29 is 33.3 Å². The van der Waals surface area contributed by atoms with Crippen molar-refractivity contribution in [2.24, 2.45) is 5.92 Å². The highest BCUT2D eigenvalue weighted by molar-refractivity contribution is 5.87. The number of hydrogen-bond acceptors (Lipinski definition) is 7. The SMILES string of the molecule is CCCC(=O)NC[C@@H]1C[C@]2(CO2)C[C@@H](C=CC(C)=CC[C@@H]2O[C@H](C)[C@H](NC(=O)C=C[C@H](C)OC(C)=O)C[C@@H]2C)O1. The lowest BCUT2D eigenvalue weighted by atomic mass is 9.88. The first-order valence-corrected chi connectivity index (χ1v) is 14.7. The molecular weight excluding hydrogens is 512 g/mol. The topological polar surface area (TPSA) is 115 Å². The monoisotopic (exact) mass is 560 g/mol. The number of epoxide rings is 1. The molecule has 3 fully saturated rings. The van der Waals surface area contributed by atoms with Crippen molar-refractivity contribution in [2.75, 3.05) is 13.2 Å². The summed E-state index contributed by atoms with van der Waals surface area (Å²) in [5.41, 5.74) is 1.04. The molecule has 0 aromatic rings. The van der Waals surface area contributed by atoms with Crippen LogP contribution >= 0.6 is 0 Å². The Labute approximate surface area is 239 Å². The molecule has 0 saturated carbocycles. The molecule has 2 amide bonds. The summed E-state index contributed by atoms with van der Waals surface area (Å²) in [6.07, 6.45) is 13.4. The Morgan fingerprint density at radius 2 is 1.88 bits per heavy atom. The van der Waals surface area contributed by atoms with Crippen LogP contribution in [0, 0.1) is 5.92 Å². The van der Waals surface area contributed by atoms with Gasteiger partial charge in [0.2, 0.25) is 11.8 Å². The summed E-state index contributed by atoms with van der Waals surface area (Å²) in [6, 6.07) is -0.0856. The molecule has 0 unspecified atom stereocenters. The average molecular weight is 561 g/mol. The van der Waals surface area contributed by atoms with Crippen LogP contribution in [-0.2, 0) is 33.3 Å². The van der Waals surface area contributed by atoms with Crippen LogP contribution in [0.4, 0.5) is 0 Å². The van der Waals surface area contributed by atoms with E-state index in [4.69, 9.17) is 18.9 Å². The van der Waals surface area contributed by atoms with Crippen LogP contribution in [0.25, 0.3) is 0 Å². The Balaban J connectivity index is 1.45. The zero-order valence-electron chi connectivity index (χ0n) is 24.9. The Morgan fingerprint density at radius 1 is 1.12 bits per heavy atom. The highest BCUT2D eigenvalue weighted by atomic mass is 16.6. The maximum absolute atomic E-state index is 12.4. The molecule has 1 spiro atoms. The molecule has 3 saturated heterocycles. The van der Waals surface area contributed by atoms with E-state index in [1.54, 1.807) is 13.0 Å². The lowest BCUT2D eigenvalue weighted by Crippen LogP contribution is -2.50.